The smallest absolute Gasteiger partial charge is 0.339 e. The van der Waals surface area contributed by atoms with Crippen molar-refractivity contribution in [1.82, 2.24) is 0 Å². The van der Waals surface area contributed by atoms with Gasteiger partial charge < -0.3 is 10.1 Å². The zero-order valence-corrected chi connectivity index (χ0v) is 18.5. The summed E-state index contributed by atoms with van der Waals surface area (Å²) in [5, 5.41) is 2.83. The summed E-state index contributed by atoms with van der Waals surface area (Å²) in [6.45, 7) is 1.25. The number of sulfonamides is 1. The van der Waals surface area contributed by atoms with E-state index in [9.17, 15) is 18.0 Å². The first-order chi connectivity index (χ1) is 13.5. The molecular weight excluding hydrogens is 463 g/mol. The van der Waals surface area contributed by atoms with Gasteiger partial charge in [-0.25, -0.2) is 13.2 Å². The average Bonchev–Trinajstić information content (AvgIpc) is 2.63. The van der Waals surface area contributed by atoms with Gasteiger partial charge in [0.1, 0.15) is 6.54 Å². The minimum absolute atomic E-state index is 0.00322. The highest BCUT2D eigenvalue weighted by Gasteiger charge is 2.24. The number of nitrogens with one attached hydrogen (secondary N) is 1. The van der Waals surface area contributed by atoms with Gasteiger partial charge in [-0.3, -0.25) is 9.10 Å². The number of esters is 1. The van der Waals surface area contributed by atoms with Crippen LogP contribution in [0.25, 0.3) is 0 Å². The average molecular weight is 480 g/mol. The third kappa shape index (κ3) is 5.99. The molecule has 0 aromatic heterocycles. The van der Waals surface area contributed by atoms with Crippen molar-refractivity contribution in [3.63, 3.8) is 0 Å². The zero-order chi connectivity index (χ0) is 21.8. The fourth-order valence-corrected chi connectivity index (χ4v) is 3.87. The number of ether oxygens (including phenoxy) is 1. The van der Waals surface area contributed by atoms with Crippen LogP contribution in [0, 0.1) is 0 Å². The largest absolute Gasteiger partial charge is 0.462 e. The van der Waals surface area contributed by atoms with Crippen LogP contribution in [-0.2, 0) is 19.6 Å². The van der Waals surface area contributed by atoms with Crippen LogP contribution < -0.4 is 9.62 Å². The van der Waals surface area contributed by atoms with Gasteiger partial charge in [-0.05, 0) is 37.3 Å². The number of amides is 1. The van der Waals surface area contributed by atoms with Crippen molar-refractivity contribution in [2.24, 2.45) is 0 Å². The summed E-state index contributed by atoms with van der Waals surface area (Å²) in [5.74, 6) is -1.30. The molecule has 0 unspecified atom stereocenters. The van der Waals surface area contributed by atoms with Gasteiger partial charge in [0.25, 0.3) is 0 Å². The molecule has 0 bridgehead atoms. The second-order valence-corrected chi connectivity index (χ2v) is 8.91. The lowest BCUT2D eigenvalue weighted by molar-refractivity contribution is -0.114. The van der Waals surface area contributed by atoms with Gasteiger partial charge in [-0.15, -0.1) is 0 Å². The summed E-state index contributed by atoms with van der Waals surface area (Å²) in [6, 6.07) is 8.69. The molecule has 1 amide bonds. The van der Waals surface area contributed by atoms with E-state index < -0.39 is 28.4 Å². The number of hydrogen-bond donors (Lipinski definition) is 1. The highest BCUT2D eigenvalue weighted by atomic mass is 35.5. The summed E-state index contributed by atoms with van der Waals surface area (Å²) in [5.41, 5.74) is 0.386. The molecule has 7 nitrogen and oxygen atoms in total. The Morgan fingerprint density at radius 2 is 1.79 bits per heavy atom. The Hall–Kier alpha value is -2.00. The summed E-state index contributed by atoms with van der Waals surface area (Å²) in [7, 11) is -3.85. The van der Waals surface area contributed by atoms with E-state index in [2.05, 4.69) is 5.32 Å². The Kier molecular flexibility index (Phi) is 7.76. The molecule has 1 N–H and O–H groups in total. The molecule has 0 radical (unpaired) electrons. The molecule has 2 aromatic rings. The molecule has 2 aromatic carbocycles. The number of anilines is 2. The number of benzene rings is 2. The zero-order valence-electron chi connectivity index (χ0n) is 15.4. The number of hydrogen-bond acceptors (Lipinski definition) is 5. The van der Waals surface area contributed by atoms with E-state index in [1.165, 1.54) is 36.4 Å². The molecular formula is C18H17Cl3N2O5S. The first-order valence-electron chi connectivity index (χ1n) is 8.22. The van der Waals surface area contributed by atoms with Crippen molar-refractivity contribution in [2.45, 2.75) is 6.92 Å². The lowest BCUT2D eigenvalue weighted by Crippen LogP contribution is -2.37. The SMILES string of the molecule is CCOC(=O)c1cc(NC(=O)CN(c2cccc(Cl)c2Cl)S(C)(=O)=O)ccc1Cl. The van der Waals surface area contributed by atoms with Crippen LogP contribution in [0.1, 0.15) is 17.3 Å². The van der Waals surface area contributed by atoms with Gasteiger partial charge >= 0.3 is 5.97 Å². The van der Waals surface area contributed by atoms with Crippen LogP contribution >= 0.6 is 34.8 Å². The Labute approximate surface area is 183 Å². The number of halogens is 3. The van der Waals surface area contributed by atoms with Crippen molar-refractivity contribution < 1.29 is 22.7 Å². The van der Waals surface area contributed by atoms with Crippen LogP contribution in [0.3, 0.4) is 0 Å². The molecule has 0 saturated heterocycles. The number of nitrogens with zero attached hydrogens (tertiary/aromatic N) is 1. The first kappa shape index (κ1) is 23.3. The van der Waals surface area contributed by atoms with Crippen molar-refractivity contribution in [1.29, 1.82) is 0 Å². The molecule has 156 valence electrons. The van der Waals surface area contributed by atoms with Gasteiger partial charge in [0, 0.05) is 5.69 Å². The molecule has 0 saturated carbocycles. The Balaban J connectivity index is 2.27. The predicted octanol–water partition coefficient (Wildman–Crippen LogP) is 4.23. The van der Waals surface area contributed by atoms with Crippen molar-refractivity contribution in [3.05, 3.63) is 57.0 Å². The summed E-state index contributed by atoms with van der Waals surface area (Å²) < 4.78 is 30.2. The Bertz CT molecular complexity index is 1040. The highest BCUT2D eigenvalue weighted by Crippen LogP contribution is 2.33. The van der Waals surface area contributed by atoms with Gasteiger partial charge in [0.2, 0.25) is 15.9 Å². The number of carbonyl (C=O) groups is 2. The first-order valence-corrected chi connectivity index (χ1v) is 11.2. The van der Waals surface area contributed by atoms with Gasteiger partial charge in [0.05, 0.1) is 39.2 Å². The number of carbonyl (C=O) groups excluding carboxylic acids is 2. The second-order valence-electron chi connectivity index (χ2n) is 5.81. The van der Waals surface area contributed by atoms with Crippen molar-refractivity contribution in [2.75, 3.05) is 29.0 Å². The maximum Gasteiger partial charge on any atom is 0.339 e. The number of rotatable bonds is 7. The van der Waals surface area contributed by atoms with E-state index >= 15 is 0 Å². The maximum absolute atomic E-state index is 12.5. The second kappa shape index (κ2) is 9.67. The molecule has 0 heterocycles. The van der Waals surface area contributed by atoms with Crippen LogP contribution in [0.2, 0.25) is 15.1 Å². The van der Waals surface area contributed by atoms with Crippen LogP contribution in [0.4, 0.5) is 11.4 Å². The van der Waals surface area contributed by atoms with Gasteiger partial charge in [-0.1, -0.05) is 40.9 Å². The van der Waals surface area contributed by atoms with E-state index in [1.807, 2.05) is 0 Å². The molecule has 0 aliphatic heterocycles. The van der Waals surface area contributed by atoms with Crippen LogP contribution in [0.5, 0.6) is 0 Å². The molecule has 0 aliphatic rings. The highest BCUT2D eigenvalue weighted by molar-refractivity contribution is 7.92. The molecule has 0 spiro atoms. The van der Waals surface area contributed by atoms with E-state index in [-0.39, 0.29) is 38.6 Å². The fourth-order valence-electron chi connectivity index (χ4n) is 2.37. The van der Waals surface area contributed by atoms with Crippen molar-refractivity contribution in [3.8, 4) is 0 Å². The monoisotopic (exact) mass is 478 g/mol. The van der Waals surface area contributed by atoms with E-state index in [1.54, 1.807) is 6.92 Å². The van der Waals surface area contributed by atoms with Crippen LogP contribution in [0.15, 0.2) is 36.4 Å². The maximum atomic E-state index is 12.5. The molecule has 2 rings (SSSR count). The van der Waals surface area contributed by atoms with Gasteiger partial charge in [0.15, 0.2) is 0 Å². The minimum Gasteiger partial charge on any atom is -0.462 e. The van der Waals surface area contributed by atoms with E-state index in [0.717, 1.165) is 10.6 Å². The Morgan fingerprint density at radius 3 is 2.41 bits per heavy atom. The van der Waals surface area contributed by atoms with E-state index in [0.29, 0.717) is 0 Å². The molecule has 0 fully saturated rings. The molecule has 11 heteroatoms. The topological polar surface area (TPSA) is 92.8 Å². The predicted molar refractivity (Wildman–Crippen MR) is 115 cm³/mol. The molecule has 0 aliphatic carbocycles. The third-order valence-electron chi connectivity index (χ3n) is 3.63. The van der Waals surface area contributed by atoms with Crippen LogP contribution in [-0.4, -0.2) is 39.7 Å². The summed E-state index contributed by atoms with van der Waals surface area (Å²) >= 11 is 18.0. The van der Waals surface area contributed by atoms with E-state index in [4.69, 9.17) is 39.5 Å². The standard InChI is InChI=1S/C18H17Cl3N2O5S/c1-3-28-18(25)12-9-11(7-8-13(12)19)22-16(24)10-23(29(2,26)27)15-6-4-5-14(20)17(15)21/h4-9H,3,10H2,1-2H3,(H,22,24). The summed E-state index contributed by atoms with van der Waals surface area (Å²) in [4.78, 5) is 24.4. The quantitative estimate of drug-likeness (QED) is 0.600. The molecule has 29 heavy (non-hydrogen) atoms. The lowest BCUT2D eigenvalue weighted by atomic mass is 10.2. The minimum atomic E-state index is -3.85. The normalized spacial score (nSPS) is 11.1. The third-order valence-corrected chi connectivity index (χ3v) is 5.90. The van der Waals surface area contributed by atoms with Crippen molar-refractivity contribution >= 4 is 68.1 Å². The summed E-state index contributed by atoms with van der Waals surface area (Å²) in [6.07, 6.45) is 0.943. The fraction of sp³-hybridized carbons (Fsp3) is 0.222. The molecule has 0 atom stereocenters. The Morgan fingerprint density at radius 1 is 1.10 bits per heavy atom. The lowest BCUT2D eigenvalue weighted by Gasteiger charge is -2.23. The van der Waals surface area contributed by atoms with Gasteiger partial charge in [-0.2, -0.15) is 0 Å².